The van der Waals surface area contributed by atoms with Gasteiger partial charge in [0.05, 0.1) is 31.6 Å². The molecule has 60 heavy (non-hydrogen) atoms. The molecule has 326 valence electrons. The second kappa shape index (κ2) is 22.5. The lowest BCUT2D eigenvalue weighted by atomic mass is 10.0. The van der Waals surface area contributed by atoms with Gasteiger partial charge in [-0.2, -0.15) is 0 Å². The first-order valence-electron chi connectivity index (χ1n) is 18.7. The molecule has 22 heteroatoms. The van der Waals surface area contributed by atoms with Crippen LogP contribution in [0.5, 0.6) is 5.75 Å². The van der Waals surface area contributed by atoms with E-state index in [0.29, 0.717) is 11.1 Å². The number of phenols is 1. The Balaban J connectivity index is 1.76. The summed E-state index contributed by atoms with van der Waals surface area (Å²) >= 11 is 0. The molecule has 22 nitrogen and oxygen atoms in total. The maximum Gasteiger partial charge on any atom is 0.326 e. The van der Waals surface area contributed by atoms with Crippen molar-refractivity contribution in [3.05, 3.63) is 65.7 Å². The van der Waals surface area contributed by atoms with E-state index in [0.717, 1.165) is 11.8 Å². The first-order chi connectivity index (χ1) is 28.3. The fourth-order valence-corrected chi connectivity index (χ4v) is 6.23. The number of carbonyl (C=O) groups excluding carboxylic acids is 7. The Labute approximate surface area is 343 Å². The molecule has 7 amide bonds. The van der Waals surface area contributed by atoms with Gasteiger partial charge in [-0.05, 0) is 43.0 Å². The summed E-state index contributed by atoms with van der Waals surface area (Å²) < 4.78 is 0. The lowest BCUT2D eigenvalue weighted by molar-refractivity contribution is -0.145. The molecular formula is C38H50N8O14. The minimum Gasteiger partial charge on any atom is -0.508 e. The zero-order valence-corrected chi connectivity index (χ0v) is 32.5. The van der Waals surface area contributed by atoms with Crippen molar-refractivity contribution in [1.29, 1.82) is 0 Å². The summed E-state index contributed by atoms with van der Waals surface area (Å²) in [5, 5.41) is 61.1. The zero-order chi connectivity index (χ0) is 44.7. The predicted molar refractivity (Wildman–Crippen MR) is 207 cm³/mol. The maximum absolute atomic E-state index is 13.8. The minimum atomic E-state index is -1.83. The lowest BCUT2D eigenvalue weighted by Gasteiger charge is -2.31. The van der Waals surface area contributed by atoms with Crippen LogP contribution in [0.25, 0.3) is 0 Å². The minimum absolute atomic E-state index is 0.0249. The van der Waals surface area contributed by atoms with E-state index in [1.54, 1.807) is 30.3 Å². The van der Waals surface area contributed by atoms with E-state index in [1.807, 2.05) is 0 Å². The standard InChI is InChI=1S/C38H50N8O14/c1-19(48)31(45-34(55)25(17-30(51)52)41-32(53)23(39)16-29(40)50)37(58)46-13-5-8-28(46)36(57)44-27(18-47)35(56)42-24(14-21-9-11-22(49)12-10-21)33(54)43-26(38(59)60)15-20-6-3-2-4-7-20/h2-4,6-7,9-12,19,23-28,31,47-49H,5,8,13-18,39H2,1H3,(H2,40,50)(H,41,53)(H,42,56)(H,43,54)(H,44,57)(H,45,55)(H,51,52)(H,59,60)/t19-,23+,24+,25+,26+,27+,28+,31+/m1/s1. The van der Waals surface area contributed by atoms with Crippen LogP contribution in [0, 0.1) is 0 Å². The molecule has 1 fully saturated rings. The number of aliphatic hydroxyl groups is 2. The van der Waals surface area contributed by atoms with Crippen molar-refractivity contribution >= 4 is 53.3 Å². The number of carboxylic acids is 2. The summed E-state index contributed by atoms with van der Waals surface area (Å²) in [5.41, 5.74) is 11.7. The summed E-state index contributed by atoms with van der Waals surface area (Å²) in [6.45, 7) is 0.0499. The second-order valence-electron chi connectivity index (χ2n) is 14.1. The maximum atomic E-state index is 13.8. The Morgan fingerprint density at radius 1 is 0.733 bits per heavy atom. The van der Waals surface area contributed by atoms with Crippen LogP contribution in [-0.2, 0) is 56.0 Å². The molecule has 0 aromatic heterocycles. The second-order valence-corrected chi connectivity index (χ2v) is 14.1. The summed E-state index contributed by atoms with van der Waals surface area (Å²) in [7, 11) is 0. The third-order valence-electron chi connectivity index (χ3n) is 9.38. The number of nitrogens with two attached hydrogens (primary N) is 2. The largest absolute Gasteiger partial charge is 0.508 e. The third kappa shape index (κ3) is 14.3. The van der Waals surface area contributed by atoms with Gasteiger partial charge in [0.15, 0.2) is 0 Å². The van der Waals surface area contributed by atoms with Gasteiger partial charge in [-0.3, -0.25) is 38.4 Å². The Kier molecular flexibility index (Phi) is 17.9. The summed E-state index contributed by atoms with van der Waals surface area (Å²) in [5.74, 6) is -10.2. The number of rotatable bonds is 22. The fourth-order valence-electron chi connectivity index (χ4n) is 6.23. The number of nitrogens with zero attached hydrogens (tertiary/aromatic N) is 1. The van der Waals surface area contributed by atoms with Crippen molar-refractivity contribution in [3.63, 3.8) is 0 Å². The van der Waals surface area contributed by atoms with E-state index in [4.69, 9.17) is 11.5 Å². The lowest BCUT2D eigenvalue weighted by Crippen LogP contribution is -2.62. The van der Waals surface area contributed by atoms with E-state index in [1.165, 1.54) is 24.3 Å². The number of likely N-dealkylation sites (tertiary alicyclic amines) is 1. The SMILES string of the molecule is C[C@@H](O)[C@H](NC(=O)[C@H](CC(=O)O)NC(=O)[C@@H](N)CC(N)=O)C(=O)N1CCC[C@H]1C(=O)N[C@@H](CO)C(=O)N[C@@H](Cc1ccc(O)cc1)C(=O)N[C@@H](Cc1ccccc1)C(=O)O. The quantitative estimate of drug-likeness (QED) is 0.0534. The van der Waals surface area contributed by atoms with Crippen LogP contribution in [0.4, 0.5) is 0 Å². The number of phenolic OH excluding ortho intramolecular Hbond substituents is 1. The van der Waals surface area contributed by atoms with E-state index in [9.17, 15) is 68.7 Å². The highest BCUT2D eigenvalue weighted by Crippen LogP contribution is 2.20. The Hall–Kier alpha value is -6.65. The summed E-state index contributed by atoms with van der Waals surface area (Å²) in [6, 6.07) is 2.98. The number of benzene rings is 2. The summed E-state index contributed by atoms with van der Waals surface area (Å²) in [6.07, 6.45) is -3.31. The van der Waals surface area contributed by atoms with Crippen molar-refractivity contribution in [1.82, 2.24) is 31.5 Å². The van der Waals surface area contributed by atoms with Gasteiger partial charge in [-0.1, -0.05) is 42.5 Å². The molecule has 2 aromatic carbocycles. The highest BCUT2D eigenvalue weighted by molar-refractivity contribution is 5.98. The number of aliphatic hydroxyl groups excluding tert-OH is 2. The molecular weight excluding hydrogens is 792 g/mol. The van der Waals surface area contributed by atoms with Crippen LogP contribution >= 0.6 is 0 Å². The highest BCUT2D eigenvalue weighted by Gasteiger charge is 2.41. The number of hydrogen-bond donors (Lipinski definition) is 12. The normalized spacial score (nSPS) is 17.0. The van der Waals surface area contributed by atoms with Gasteiger partial charge in [0.1, 0.15) is 42.0 Å². The van der Waals surface area contributed by atoms with Crippen LogP contribution in [0.1, 0.15) is 43.7 Å². The van der Waals surface area contributed by atoms with Crippen molar-refractivity contribution < 1.29 is 68.7 Å². The number of amides is 7. The molecule has 0 radical (unpaired) electrons. The Morgan fingerprint density at radius 2 is 1.28 bits per heavy atom. The number of nitrogens with one attached hydrogen (secondary N) is 5. The van der Waals surface area contributed by atoms with Crippen molar-refractivity contribution in [2.24, 2.45) is 11.5 Å². The average molecular weight is 843 g/mol. The fraction of sp³-hybridized carbons (Fsp3) is 0.447. The van der Waals surface area contributed by atoms with Gasteiger partial charge in [0, 0.05) is 19.4 Å². The molecule has 0 spiro atoms. The van der Waals surface area contributed by atoms with Gasteiger partial charge in [0.2, 0.25) is 41.4 Å². The number of carboxylic acid groups (broad SMARTS) is 2. The molecule has 1 heterocycles. The van der Waals surface area contributed by atoms with Gasteiger partial charge in [0.25, 0.3) is 0 Å². The Bertz CT molecular complexity index is 1880. The van der Waals surface area contributed by atoms with Crippen LogP contribution in [0.15, 0.2) is 54.6 Å². The van der Waals surface area contributed by atoms with Crippen molar-refractivity contribution in [2.45, 2.75) is 93.8 Å². The molecule has 0 aliphatic carbocycles. The van der Waals surface area contributed by atoms with Crippen LogP contribution < -0.4 is 38.1 Å². The number of hydrogen-bond acceptors (Lipinski definition) is 13. The van der Waals surface area contributed by atoms with Crippen molar-refractivity contribution in [3.8, 4) is 5.75 Å². The van der Waals surface area contributed by atoms with Crippen LogP contribution in [0.2, 0.25) is 0 Å². The molecule has 1 saturated heterocycles. The number of aromatic hydroxyl groups is 1. The molecule has 0 saturated carbocycles. The molecule has 0 unspecified atom stereocenters. The van der Waals surface area contributed by atoms with Crippen molar-refractivity contribution in [2.75, 3.05) is 13.2 Å². The van der Waals surface area contributed by atoms with E-state index >= 15 is 0 Å². The van der Waals surface area contributed by atoms with Gasteiger partial charge in [-0.15, -0.1) is 0 Å². The third-order valence-corrected chi connectivity index (χ3v) is 9.38. The molecule has 2 aromatic rings. The number of primary amides is 1. The molecule has 14 N–H and O–H groups in total. The van der Waals surface area contributed by atoms with Gasteiger partial charge < -0.3 is 68.5 Å². The monoisotopic (exact) mass is 842 g/mol. The number of aliphatic carboxylic acids is 2. The van der Waals surface area contributed by atoms with E-state index < -0.39 is 121 Å². The first-order valence-corrected chi connectivity index (χ1v) is 18.7. The Morgan fingerprint density at radius 3 is 1.85 bits per heavy atom. The predicted octanol–water partition coefficient (Wildman–Crippen LogP) is -4.27. The van der Waals surface area contributed by atoms with E-state index in [-0.39, 0.29) is 38.0 Å². The van der Waals surface area contributed by atoms with Gasteiger partial charge >= 0.3 is 11.9 Å². The molecule has 1 aliphatic heterocycles. The average Bonchev–Trinajstić information content (AvgIpc) is 3.69. The smallest absolute Gasteiger partial charge is 0.326 e. The van der Waals surface area contributed by atoms with Crippen LogP contribution in [0.3, 0.4) is 0 Å². The van der Waals surface area contributed by atoms with Gasteiger partial charge in [-0.25, -0.2) is 4.79 Å². The summed E-state index contributed by atoms with van der Waals surface area (Å²) in [4.78, 5) is 116. The van der Waals surface area contributed by atoms with Crippen LogP contribution in [-0.4, -0.2) is 145 Å². The number of carbonyl (C=O) groups is 9. The highest BCUT2D eigenvalue weighted by atomic mass is 16.4. The molecule has 8 atom stereocenters. The zero-order valence-electron chi connectivity index (χ0n) is 32.5. The van der Waals surface area contributed by atoms with E-state index in [2.05, 4.69) is 26.6 Å². The first kappa shape index (κ1) is 47.7. The molecule has 3 rings (SSSR count). The molecule has 0 bridgehead atoms. The topological polar surface area (TPSA) is 370 Å². The molecule has 1 aliphatic rings.